The lowest BCUT2D eigenvalue weighted by Crippen LogP contribution is -2.00. The van der Waals surface area contributed by atoms with Crippen LogP contribution < -0.4 is 5.73 Å². The zero-order valence-electron chi connectivity index (χ0n) is 9.21. The number of hydrogen-bond donors (Lipinski definition) is 1. The Hall–Kier alpha value is -2.27. The standard InChI is InChI=1S/C12H8ClN5/c13-11-16-10(17-12(14)18-11)8-3-1-5-9-7(8)4-2-6-15-9/h1-6H,(H2,14,16,17,18). The normalized spacial score (nSPS) is 10.7. The van der Waals surface area contributed by atoms with Crippen LogP contribution in [0.4, 0.5) is 5.95 Å². The summed E-state index contributed by atoms with van der Waals surface area (Å²) in [7, 11) is 0. The van der Waals surface area contributed by atoms with Crippen LogP contribution in [0.2, 0.25) is 5.28 Å². The van der Waals surface area contributed by atoms with Crippen LogP contribution in [0.25, 0.3) is 22.3 Å². The number of anilines is 1. The van der Waals surface area contributed by atoms with Gasteiger partial charge in [-0.2, -0.15) is 15.0 Å². The van der Waals surface area contributed by atoms with Gasteiger partial charge in [0.25, 0.3) is 0 Å². The summed E-state index contributed by atoms with van der Waals surface area (Å²) < 4.78 is 0. The summed E-state index contributed by atoms with van der Waals surface area (Å²) in [6.07, 6.45) is 1.74. The molecule has 0 unspecified atom stereocenters. The van der Waals surface area contributed by atoms with E-state index in [-0.39, 0.29) is 11.2 Å². The van der Waals surface area contributed by atoms with E-state index in [9.17, 15) is 0 Å². The minimum absolute atomic E-state index is 0.0818. The number of pyridine rings is 1. The first-order valence-corrected chi connectivity index (χ1v) is 5.63. The van der Waals surface area contributed by atoms with Crippen molar-refractivity contribution in [1.29, 1.82) is 0 Å². The highest BCUT2D eigenvalue weighted by Gasteiger charge is 2.09. The minimum atomic E-state index is 0.0818. The molecule has 0 atom stereocenters. The van der Waals surface area contributed by atoms with Crippen LogP contribution in [0.15, 0.2) is 36.5 Å². The van der Waals surface area contributed by atoms with Crippen molar-refractivity contribution in [3.63, 3.8) is 0 Å². The SMILES string of the molecule is Nc1nc(Cl)nc(-c2cccc3ncccc23)n1. The molecule has 2 aromatic heterocycles. The molecule has 0 aliphatic heterocycles. The van der Waals surface area contributed by atoms with Gasteiger partial charge in [0.2, 0.25) is 11.2 Å². The quantitative estimate of drug-likeness (QED) is 0.724. The van der Waals surface area contributed by atoms with Gasteiger partial charge in [0.05, 0.1) is 5.52 Å². The zero-order valence-corrected chi connectivity index (χ0v) is 9.96. The van der Waals surface area contributed by atoms with Gasteiger partial charge in [0, 0.05) is 17.1 Å². The molecule has 5 nitrogen and oxygen atoms in total. The van der Waals surface area contributed by atoms with E-state index in [0.717, 1.165) is 16.5 Å². The Balaban J connectivity index is 2.31. The van der Waals surface area contributed by atoms with Crippen LogP contribution in [0.5, 0.6) is 0 Å². The largest absolute Gasteiger partial charge is 0.368 e. The highest BCUT2D eigenvalue weighted by molar-refractivity contribution is 6.28. The first kappa shape index (κ1) is 10.9. The van der Waals surface area contributed by atoms with Crippen molar-refractivity contribution < 1.29 is 0 Å². The molecule has 2 N–H and O–H groups in total. The van der Waals surface area contributed by atoms with E-state index >= 15 is 0 Å². The van der Waals surface area contributed by atoms with Crippen molar-refractivity contribution in [2.45, 2.75) is 0 Å². The molecular weight excluding hydrogens is 250 g/mol. The summed E-state index contributed by atoms with van der Waals surface area (Å²) in [5.41, 5.74) is 7.27. The molecule has 2 heterocycles. The Morgan fingerprint density at radius 1 is 1.00 bits per heavy atom. The third kappa shape index (κ3) is 1.84. The molecule has 0 amide bonds. The van der Waals surface area contributed by atoms with E-state index in [1.165, 1.54) is 0 Å². The molecule has 1 aromatic carbocycles. The van der Waals surface area contributed by atoms with Crippen molar-refractivity contribution in [1.82, 2.24) is 19.9 Å². The Kier molecular flexibility index (Phi) is 2.53. The maximum absolute atomic E-state index is 5.79. The number of aromatic nitrogens is 4. The average Bonchev–Trinajstić information content (AvgIpc) is 2.37. The molecule has 0 aliphatic rings. The van der Waals surface area contributed by atoms with E-state index < -0.39 is 0 Å². The number of benzene rings is 1. The summed E-state index contributed by atoms with van der Waals surface area (Å²) in [6.45, 7) is 0. The fraction of sp³-hybridized carbons (Fsp3) is 0. The number of hydrogen-bond acceptors (Lipinski definition) is 5. The number of nitrogen functional groups attached to an aromatic ring is 1. The smallest absolute Gasteiger partial charge is 0.227 e. The lowest BCUT2D eigenvalue weighted by atomic mass is 10.1. The average molecular weight is 258 g/mol. The fourth-order valence-corrected chi connectivity index (χ4v) is 1.95. The van der Waals surface area contributed by atoms with Crippen molar-refractivity contribution in [3.05, 3.63) is 41.8 Å². The molecule has 6 heteroatoms. The van der Waals surface area contributed by atoms with Crippen LogP contribution in [0.3, 0.4) is 0 Å². The van der Waals surface area contributed by atoms with E-state index in [1.54, 1.807) is 6.20 Å². The van der Waals surface area contributed by atoms with Crippen LogP contribution in [-0.2, 0) is 0 Å². The second-order valence-corrected chi connectivity index (χ2v) is 4.00. The molecular formula is C12H8ClN5. The van der Waals surface area contributed by atoms with E-state index in [4.69, 9.17) is 17.3 Å². The van der Waals surface area contributed by atoms with Gasteiger partial charge in [-0.3, -0.25) is 4.98 Å². The summed E-state index contributed by atoms with van der Waals surface area (Å²) in [6, 6.07) is 9.52. The van der Waals surface area contributed by atoms with Crippen molar-refractivity contribution >= 4 is 28.5 Å². The highest BCUT2D eigenvalue weighted by atomic mass is 35.5. The highest BCUT2D eigenvalue weighted by Crippen LogP contribution is 2.25. The zero-order chi connectivity index (χ0) is 12.5. The van der Waals surface area contributed by atoms with Crippen LogP contribution in [-0.4, -0.2) is 19.9 Å². The van der Waals surface area contributed by atoms with E-state index in [0.29, 0.717) is 5.82 Å². The van der Waals surface area contributed by atoms with Gasteiger partial charge in [-0.25, -0.2) is 0 Å². The van der Waals surface area contributed by atoms with Crippen molar-refractivity contribution in [3.8, 4) is 11.4 Å². The number of nitrogens with zero attached hydrogens (tertiary/aromatic N) is 4. The summed E-state index contributed by atoms with van der Waals surface area (Å²) in [5.74, 6) is 0.553. The van der Waals surface area contributed by atoms with Crippen LogP contribution in [0, 0.1) is 0 Å². The fourth-order valence-electron chi connectivity index (χ4n) is 1.78. The molecule has 0 fully saturated rings. The first-order valence-electron chi connectivity index (χ1n) is 5.25. The summed E-state index contributed by atoms with van der Waals surface area (Å²) >= 11 is 5.79. The minimum Gasteiger partial charge on any atom is -0.368 e. The van der Waals surface area contributed by atoms with Gasteiger partial charge >= 0.3 is 0 Å². The van der Waals surface area contributed by atoms with Crippen molar-refractivity contribution in [2.24, 2.45) is 0 Å². The van der Waals surface area contributed by atoms with Gasteiger partial charge in [0.1, 0.15) is 0 Å². The van der Waals surface area contributed by atoms with Gasteiger partial charge in [-0.15, -0.1) is 0 Å². The Bertz CT molecular complexity index is 703. The Morgan fingerprint density at radius 3 is 2.72 bits per heavy atom. The third-order valence-electron chi connectivity index (χ3n) is 2.51. The second-order valence-electron chi connectivity index (χ2n) is 3.66. The summed E-state index contributed by atoms with van der Waals surface area (Å²) in [4.78, 5) is 16.2. The van der Waals surface area contributed by atoms with Gasteiger partial charge in [-0.05, 0) is 23.7 Å². The maximum Gasteiger partial charge on any atom is 0.227 e. The molecule has 0 saturated carbocycles. The monoisotopic (exact) mass is 257 g/mol. The number of nitrogens with two attached hydrogens (primary N) is 1. The topological polar surface area (TPSA) is 77.6 Å². The maximum atomic E-state index is 5.79. The van der Waals surface area contributed by atoms with E-state index in [2.05, 4.69) is 19.9 Å². The Morgan fingerprint density at radius 2 is 1.89 bits per heavy atom. The number of fused-ring (bicyclic) bond motifs is 1. The molecule has 0 spiro atoms. The lowest BCUT2D eigenvalue weighted by Gasteiger charge is -2.05. The first-order chi connectivity index (χ1) is 8.74. The van der Waals surface area contributed by atoms with Crippen LogP contribution in [0.1, 0.15) is 0 Å². The van der Waals surface area contributed by atoms with Gasteiger partial charge in [-0.1, -0.05) is 18.2 Å². The molecule has 0 aliphatic carbocycles. The number of rotatable bonds is 1. The molecule has 0 radical (unpaired) electrons. The predicted molar refractivity (Wildman–Crippen MR) is 70.0 cm³/mol. The molecule has 88 valence electrons. The van der Waals surface area contributed by atoms with Crippen LogP contribution >= 0.6 is 11.6 Å². The molecule has 3 rings (SSSR count). The lowest BCUT2D eigenvalue weighted by molar-refractivity contribution is 1.07. The second kappa shape index (κ2) is 4.19. The summed E-state index contributed by atoms with van der Waals surface area (Å²) in [5, 5.41) is 1.03. The number of halogens is 1. The third-order valence-corrected chi connectivity index (χ3v) is 2.68. The Labute approximate surface area is 108 Å². The molecule has 3 aromatic rings. The van der Waals surface area contributed by atoms with Crippen molar-refractivity contribution in [2.75, 3.05) is 5.73 Å². The van der Waals surface area contributed by atoms with Gasteiger partial charge < -0.3 is 5.73 Å². The predicted octanol–water partition coefficient (Wildman–Crippen LogP) is 2.32. The molecule has 18 heavy (non-hydrogen) atoms. The molecule has 0 bridgehead atoms. The molecule has 0 saturated heterocycles. The van der Waals surface area contributed by atoms with E-state index in [1.807, 2.05) is 30.3 Å². The van der Waals surface area contributed by atoms with Gasteiger partial charge in [0.15, 0.2) is 5.82 Å².